The summed E-state index contributed by atoms with van der Waals surface area (Å²) in [6, 6.07) is 14.5. The molecule has 0 aliphatic carbocycles. The van der Waals surface area contributed by atoms with Crippen LogP contribution in [-0.4, -0.2) is 11.0 Å². The molecular weight excluding hydrogens is 422 g/mol. The number of hydrogen-bond donors (Lipinski definition) is 3. The molecule has 2 aromatic rings. The van der Waals surface area contributed by atoms with E-state index in [1.807, 2.05) is 43.3 Å². The number of rotatable bonds is 3. The smallest absolute Gasteiger partial charge is 0.255 e. The lowest BCUT2D eigenvalue weighted by Crippen LogP contribution is -2.45. The molecule has 0 fully saturated rings. The van der Waals surface area contributed by atoms with Crippen molar-refractivity contribution in [2.24, 2.45) is 0 Å². The number of carbonyl (C=O) groups excluding carboxylic acids is 1. The molecule has 7 heteroatoms. The highest BCUT2D eigenvalue weighted by atomic mass is 79.9. The molecule has 1 atom stereocenters. The van der Waals surface area contributed by atoms with E-state index in [9.17, 15) is 4.79 Å². The van der Waals surface area contributed by atoms with Gasteiger partial charge in [-0.25, -0.2) is 0 Å². The molecule has 1 unspecified atom stereocenters. The van der Waals surface area contributed by atoms with Gasteiger partial charge < -0.3 is 16.0 Å². The van der Waals surface area contributed by atoms with Crippen LogP contribution in [0.4, 0.5) is 5.69 Å². The van der Waals surface area contributed by atoms with Crippen molar-refractivity contribution in [1.82, 2.24) is 10.6 Å². The molecule has 0 radical (unpaired) electrons. The Morgan fingerprint density at radius 3 is 2.72 bits per heavy atom. The summed E-state index contributed by atoms with van der Waals surface area (Å²) in [6.07, 6.45) is 0. The second-order valence-electron chi connectivity index (χ2n) is 5.56. The molecule has 4 nitrogen and oxygen atoms in total. The van der Waals surface area contributed by atoms with Crippen molar-refractivity contribution in [2.45, 2.75) is 13.0 Å². The van der Waals surface area contributed by atoms with E-state index in [1.165, 1.54) is 0 Å². The minimum Gasteiger partial charge on any atom is -0.351 e. The molecule has 0 bridgehead atoms. The number of para-hydroxylation sites is 1. The maximum Gasteiger partial charge on any atom is 0.255 e. The van der Waals surface area contributed by atoms with Crippen molar-refractivity contribution in [3.05, 3.63) is 74.9 Å². The molecule has 3 N–H and O–H groups in total. The average Bonchev–Trinajstić information content (AvgIpc) is 2.56. The van der Waals surface area contributed by atoms with Crippen LogP contribution in [-0.2, 0) is 4.79 Å². The van der Waals surface area contributed by atoms with Gasteiger partial charge in [0.2, 0.25) is 0 Å². The molecule has 1 aliphatic heterocycles. The third-order valence-corrected chi connectivity index (χ3v) is 4.86. The Kier molecular flexibility index (Phi) is 5.42. The van der Waals surface area contributed by atoms with E-state index < -0.39 is 0 Å². The normalized spacial score (nSPS) is 16.9. The summed E-state index contributed by atoms with van der Waals surface area (Å²) in [4.78, 5) is 12.9. The van der Waals surface area contributed by atoms with Crippen molar-refractivity contribution in [3.63, 3.8) is 0 Å². The number of carbonyl (C=O) groups is 1. The van der Waals surface area contributed by atoms with Gasteiger partial charge in [-0.15, -0.1) is 0 Å². The molecule has 25 heavy (non-hydrogen) atoms. The monoisotopic (exact) mass is 435 g/mol. The van der Waals surface area contributed by atoms with Crippen LogP contribution in [0.5, 0.6) is 0 Å². The van der Waals surface area contributed by atoms with E-state index in [0.29, 0.717) is 27.1 Å². The van der Waals surface area contributed by atoms with Crippen molar-refractivity contribution in [3.8, 4) is 0 Å². The van der Waals surface area contributed by atoms with Crippen LogP contribution in [0.15, 0.2) is 64.3 Å². The number of amides is 1. The molecule has 1 amide bonds. The Morgan fingerprint density at radius 2 is 2.00 bits per heavy atom. The molecule has 0 saturated carbocycles. The van der Waals surface area contributed by atoms with E-state index >= 15 is 0 Å². The van der Waals surface area contributed by atoms with Crippen molar-refractivity contribution in [2.75, 3.05) is 5.32 Å². The first-order chi connectivity index (χ1) is 12.0. The SMILES string of the molecule is CC1=C(C(=O)Nc2ccccc2Cl)C(c2cccc(Br)c2)NC(=S)N1. The van der Waals surface area contributed by atoms with Crippen LogP contribution in [0, 0.1) is 0 Å². The highest BCUT2D eigenvalue weighted by Crippen LogP contribution is 2.30. The van der Waals surface area contributed by atoms with E-state index in [4.69, 9.17) is 23.8 Å². The van der Waals surface area contributed by atoms with Gasteiger partial charge in [0.15, 0.2) is 5.11 Å². The molecule has 3 rings (SSSR count). The minimum atomic E-state index is -0.353. The quantitative estimate of drug-likeness (QED) is 0.619. The Balaban J connectivity index is 1.97. The first-order valence-electron chi connectivity index (χ1n) is 7.55. The molecule has 0 spiro atoms. The van der Waals surface area contributed by atoms with Gasteiger partial charge >= 0.3 is 0 Å². The van der Waals surface area contributed by atoms with Crippen LogP contribution >= 0.6 is 39.7 Å². The highest BCUT2D eigenvalue weighted by Gasteiger charge is 2.30. The molecule has 0 saturated heterocycles. The summed E-state index contributed by atoms with van der Waals surface area (Å²) < 4.78 is 0.930. The van der Waals surface area contributed by atoms with Crippen molar-refractivity contribution >= 4 is 56.5 Å². The summed E-state index contributed by atoms with van der Waals surface area (Å²) in [6.45, 7) is 1.83. The van der Waals surface area contributed by atoms with Crippen LogP contribution in [0.1, 0.15) is 18.5 Å². The Labute approximate surface area is 164 Å². The van der Waals surface area contributed by atoms with E-state index in [0.717, 1.165) is 10.0 Å². The number of anilines is 1. The van der Waals surface area contributed by atoms with Crippen LogP contribution in [0.25, 0.3) is 0 Å². The Hall–Kier alpha value is -1.89. The topological polar surface area (TPSA) is 53.2 Å². The lowest BCUT2D eigenvalue weighted by molar-refractivity contribution is -0.113. The zero-order chi connectivity index (χ0) is 18.0. The largest absolute Gasteiger partial charge is 0.351 e. The lowest BCUT2D eigenvalue weighted by Gasteiger charge is -2.30. The van der Waals surface area contributed by atoms with Gasteiger partial charge in [-0.05, 0) is 49.0 Å². The van der Waals surface area contributed by atoms with E-state index in [2.05, 4.69) is 31.9 Å². The van der Waals surface area contributed by atoms with Gasteiger partial charge in [-0.2, -0.15) is 0 Å². The third kappa shape index (κ3) is 4.03. The summed E-state index contributed by atoms with van der Waals surface area (Å²) in [5, 5.41) is 10.0. The molecule has 1 aliphatic rings. The predicted molar refractivity (Wildman–Crippen MR) is 109 cm³/mol. The van der Waals surface area contributed by atoms with Gasteiger partial charge in [0.25, 0.3) is 5.91 Å². The predicted octanol–water partition coefficient (Wildman–Crippen LogP) is 4.53. The van der Waals surface area contributed by atoms with Crippen LogP contribution in [0.2, 0.25) is 5.02 Å². The Bertz CT molecular complexity index is 884. The van der Waals surface area contributed by atoms with Crippen LogP contribution in [0.3, 0.4) is 0 Å². The fraction of sp³-hybridized carbons (Fsp3) is 0.111. The summed E-state index contributed by atoms with van der Waals surface area (Å²) in [7, 11) is 0. The van der Waals surface area contributed by atoms with Gasteiger partial charge in [0, 0.05) is 10.2 Å². The average molecular weight is 437 g/mol. The fourth-order valence-corrected chi connectivity index (χ4v) is 3.55. The maximum atomic E-state index is 12.9. The van der Waals surface area contributed by atoms with E-state index in [1.54, 1.807) is 12.1 Å². The number of allylic oxidation sites excluding steroid dienone is 1. The van der Waals surface area contributed by atoms with Gasteiger partial charge in [0.1, 0.15) is 0 Å². The van der Waals surface area contributed by atoms with Gasteiger partial charge in [0.05, 0.1) is 22.3 Å². The Morgan fingerprint density at radius 1 is 1.24 bits per heavy atom. The zero-order valence-electron chi connectivity index (χ0n) is 13.3. The number of thiocarbonyl (C=S) groups is 1. The molecule has 0 aromatic heterocycles. The first kappa shape index (κ1) is 17.9. The number of hydrogen-bond acceptors (Lipinski definition) is 2. The molecule has 2 aromatic carbocycles. The van der Waals surface area contributed by atoms with Crippen LogP contribution < -0.4 is 16.0 Å². The highest BCUT2D eigenvalue weighted by molar-refractivity contribution is 9.10. The minimum absolute atomic E-state index is 0.238. The second kappa shape index (κ2) is 7.56. The number of benzene rings is 2. The maximum absolute atomic E-state index is 12.9. The summed E-state index contributed by atoms with van der Waals surface area (Å²) >= 11 is 14.9. The summed E-state index contributed by atoms with van der Waals surface area (Å²) in [5.74, 6) is -0.238. The van der Waals surface area contributed by atoms with Crippen molar-refractivity contribution < 1.29 is 4.79 Å². The fourth-order valence-electron chi connectivity index (χ4n) is 2.68. The lowest BCUT2D eigenvalue weighted by atomic mass is 9.95. The standard InChI is InChI=1S/C18H15BrClN3OS/c1-10-15(17(24)22-14-8-3-2-7-13(14)20)16(23-18(25)21-10)11-5-4-6-12(19)9-11/h2-9,16H,1H3,(H,22,24)(H2,21,23,25). The molecular formula is C18H15BrClN3OS. The third-order valence-electron chi connectivity index (χ3n) is 3.82. The van der Waals surface area contributed by atoms with E-state index in [-0.39, 0.29) is 11.9 Å². The molecule has 1 heterocycles. The molecule has 128 valence electrons. The number of halogens is 2. The van der Waals surface area contributed by atoms with Gasteiger partial charge in [-0.1, -0.05) is 51.8 Å². The van der Waals surface area contributed by atoms with Crippen molar-refractivity contribution in [1.29, 1.82) is 0 Å². The second-order valence-corrected chi connectivity index (χ2v) is 7.29. The number of nitrogens with one attached hydrogen (secondary N) is 3. The zero-order valence-corrected chi connectivity index (χ0v) is 16.4. The first-order valence-corrected chi connectivity index (χ1v) is 9.13. The summed E-state index contributed by atoms with van der Waals surface area (Å²) in [5.41, 5.74) is 2.77. The van der Waals surface area contributed by atoms with Gasteiger partial charge in [-0.3, -0.25) is 4.79 Å².